The van der Waals surface area contributed by atoms with Crippen molar-refractivity contribution < 1.29 is 9.53 Å². The molecule has 0 amide bonds. The van der Waals surface area contributed by atoms with Gasteiger partial charge in [0, 0.05) is 23.6 Å². The summed E-state index contributed by atoms with van der Waals surface area (Å²) < 4.78 is 4.77. The van der Waals surface area contributed by atoms with E-state index in [0.717, 1.165) is 23.1 Å². The summed E-state index contributed by atoms with van der Waals surface area (Å²) in [5.41, 5.74) is 0.764. The van der Waals surface area contributed by atoms with Crippen molar-refractivity contribution in [2.24, 2.45) is 0 Å². The fourth-order valence-corrected chi connectivity index (χ4v) is 4.19. The van der Waals surface area contributed by atoms with Crippen LogP contribution in [0.5, 0.6) is 0 Å². The van der Waals surface area contributed by atoms with Gasteiger partial charge in [0.2, 0.25) is 0 Å². The molecule has 18 heavy (non-hydrogen) atoms. The number of esters is 1. The van der Waals surface area contributed by atoms with E-state index < -0.39 is 0 Å². The van der Waals surface area contributed by atoms with E-state index in [1.807, 2.05) is 18.7 Å². The topological polar surface area (TPSA) is 42.4 Å². The summed E-state index contributed by atoms with van der Waals surface area (Å²) in [6.45, 7) is 7.30. The number of anilines is 1. The van der Waals surface area contributed by atoms with Gasteiger partial charge in [0.05, 0.1) is 12.8 Å². The monoisotopic (exact) mass is 286 g/mol. The van der Waals surface area contributed by atoms with Crippen LogP contribution >= 0.6 is 23.1 Å². The maximum Gasteiger partial charge on any atom is 0.350 e. The summed E-state index contributed by atoms with van der Waals surface area (Å²) in [5.74, 6) is 0.820. The third-order valence-corrected chi connectivity index (χ3v) is 5.80. The number of nitrogens with zero attached hydrogens (tertiary/aromatic N) is 2. The lowest BCUT2D eigenvalue weighted by Gasteiger charge is -2.37. The fourth-order valence-electron chi connectivity index (χ4n) is 1.99. The van der Waals surface area contributed by atoms with Gasteiger partial charge in [-0.1, -0.05) is 18.3 Å². The van der Waals surface area contributed by atoms with Gasteiger partial charge < -0.3 is 9.64 Å². The molecule has 0 saturated carbocycles. The molecule has 0 radical (unpaired) electrons. The Balaban J connectivity index is 2.26. The van der Waals surface area contributed by atoms with Gasteiger partial charge in [0.15, 0.2) is 5.13 Å². The Morgan fingerprint density at radius 1 is 1.50 bits per heavy atom. The summed E-state index contributed by atoms with van der Waals surface area (Å²) in [7, 11) is 1.41. The lowest BCUT2D eigenvalue weighted by Crippen LogP contribution is -2.44. The number of carbonyl (C=O) groups excluding carboxylic acids is 1. The summed E-state index contributed by atoms with van der Waals surface area (Å²) in [6.07, 6.45) is 0. The molecule has 1 aliphatic heterocycles. The van der Waals surface area contributed by atoms with Crippen molar-refractivity contribution in [1.29, 1.82) is 0 Å². The number of ether oxygens (including phenoxy) is 1. The third-order valence-electron chi connectivity index (χ3n) is 3.29. The largest absolute Gasteiger partial charge is 0.465 e. The van der Waals surface area contributed by atoms with Crippen LogP contribution in [0.15, 0.2) is 0 Å². The fraction of sp³-hybridized carbons (Fsp3) is 0.667. The summed E-state index contributed by atoms with van der Waals surface area (Å²) in [6, 6.07) is 0.444. The number of hydrogen-bond acceptors (Lipinski definition) is 6. The second-order valence-corrected chi connectivity index (χ2v) is 6.88. The molecule has 2 atom stereocenters. The molecule has 2 rings (SSSR count). The van der Waals surface area contributed by atoms with Crippen LogP contribution in [-0.2, 0) is 4.74 Å². The number of thioether (sulfide) groups is 1. The maximum absolute atomic E-state index is 11.6. The van der Waals surface area contributed by atoms with Crippen LogP contribution in [0.3, 0.4) is 0 Å². The van der Waals surface area contributed by atoms with E-state index >= 15 is 0 Å². The van der Waals surface area contributed by atoms with Crippen LogP contribution in [-0.4, -0.2) is 41.7 Å². The van der Waals surface area contributed by atoms with Crippen LogP contribution in [0.2, 0.25) is 0 Å². The predicted octanol–water partition coefficient (Wildman–Crippen LogP) is 2.57. The molecule has 1 saturated heterocycles. The molecular formula is C12H18N2O2S2. The smallest absolute Gasteiger partial charge is 0.350 e. The molecule has 6 heteroatoms. The van der Waals surface area contributed by atoms with E-state index in [0.29, 0.717) is 16.2 Å². The van der Waals surface area contributed by atoms with Gasteiger partial charge >= 0.3 is 5.97 Å². The molecule has 0 spiro atoms. The Kier molecular flexibility index (Phi) is 4.17. The van der Waals surface area contributed by atoms with Crippen LogP contribution < -0.4 is 4.90 Å². The zero-order valence-corrected chi connectivity index (χ0v) is 12.7. The minimum atomic E-state index is -0.289. The summed E-state index contributed by atoms with van der Waals surface area (Å²) in [4.78, 5) is 19.0. The van der Waals surface area contributed by atoms with Crippen molar-refractivity contribution in [3.8, 4) is 0 Å². The molecule has 2 unspecified atom stereocenters. The molecule has 0 aliphatic carbocycles. The number of rotatable bonds is 2. The summed E-state index contributed by atoms with van der Waals surface area (Å²) >= 11 is 3.43. The van der Waals surface area contributed by atoms with E-state index in [4.69, 9.17) is 4.74 Å². The Hall–Kier alpha value is -0.750. The van der Waals surface area contributed by atoms with E-state index in [-0.39, 0.29) is 5.97 Å². The van der Waals surface area contributed by atoms with Gasteiger partial charge in [-0.05, 0) is 13.8 Å². The Morgan fingerprint density at radius 2 is 2.22 bits per heavy atom. The van der Waals surface area contributed by atoms with Gasteiger partial charge in [-0.2, -0.15) is 11.8 Å². The molecular weight excluding hydrogens is 268 g/mol. The Bertz CT molecular complexity index is 447. The highest BCUT2D eigenvalue weighted by Crippen LogP contribution is 2.33. The standard InChI is InChI=1S/C12H18N2O2S2/c1-7-10(11(15)16-4)18-12(13-7)14-5-6-17-9(3)8(14)2/h8-9H,5-6H2,1-4H3. The van der Waals surface area contributed by atoms with Crippen molar-refractivity contribution in [3.63, 3.8) is 0 Å². The van der Waals surface area contributed by atoms with Gasteiger partial charge in [-0.15, -0.1) is 0 Å². The van der Waals surface area contributed by atoms with Crippen LogP contribution in [0.25, 0.3) is 0 Å². The first-order valence-corrected chi connectivity index (χ1v) is 7.85. The van der Waals surface area contributed by atoms with E-state index in [1.165, 1.54) is 18.4 Å². The highest BCUT2D eigenvalue weighted by Gasteiger charge is 2.28. The minimum Gasteiger partial charge on any atom is -0.465 e. The Morgan fingerprint density at radius 3 is 2.89 bits per heavy atom. The summed E-state index contributed by atoms with van der Waals surface area (Å²) in [5, 5.41) is 1.53. The van der Waals surface area contributed by atoms with Crippen LogP contribution in [0.4, 0.5) is 5.13 Å². The average molecular weight is 286 g/mol. The lowest BCUT2D eigenvalue weighted by atomic mass is 10.2. The normalized spacial score (nSPS) is 24.1. The second kappa shape index (κ2) is 5.48. The zero-order valence-electron chi connectivity index (χ0n) is 11.1. The highest BCUT2D eigenvalue weighted by molar-refractivity contribution is 8.00. The molecule has 0 bridgehead atoms. The molecule has 100 valence electrons. The maximum atomic E-state index is 11.6. The van der Waals surface area contributed by atoms with Crippen molar-refractivity contribution in [1.82, 2.24) is 4.98 Å². The van der Waals surface area contributed by atoms with Gasteiger partial charge in [0.25, 0.3) is 0 Å². The number of aryl methyl sites for hydroxylation is 1. The molecule has 1 aliphatic rings. The van der Waals surface area contributed by atoms with E-state index in [9.17, 15) is 4.79 Å². The number of thiazole rings is 1. The van der Waals surface area contributed by atoms with Gasteiger partial charge in [0.1, 0.15) is 4.88 Å². The first-order valence-electron chi connectivity index (χ1n) is 5.98. The Labute approximate surface area is 116 Å². The minimum absolute atomic E-state index is 0.289. The first-order chi connectivity index (χ1) is 8.54. The molecule has 1 aromatic rings. The van der Waals surface area contributed by atoms with Crippen molar-refractivity contribution in [2.75, 3.05) is 24.3 Å². The van der Waals surface area contributed by atoms with Crippen molar-refractivity contribution in [3.05, 3.63) is 10.6 Å². The number of hydrogen-bond donors (Lipinski definition) is 0. The SMILES string of the molecule is COC(=O)c1sc(N2CCSC(C)C2C)nc1C. The molecule has 1 aromatic heterocycles. The van der Waals surface area contributed by atoms with Crippen molar-refractivity contribution in [2.45, 2.75) is 32.1 Å². The van der Waals surface area contributed by atoms with Gasteiger partial charge in [-0.3, -0.25) is 0 Å². The predicted molar refractivity (Wildman–Crippen MR) is 76.9 cm³/mol. The zero-order chi connectivity index (χ0) is 13.3. The first kappa shape index (κ1) is 13.7. The molecule has 1 fully saturated rings. The molecule has 0 aromatic carbocycles. The second-order valence-electron chi connectivity index (χ2n) is 4.41. The number of methoxy groups -OCH3 is 1. The third kappa shape index (κ3) is 2.49. The van der Waals surface area contributed by atoms with E-state index in [1.54, 1.807) is 0 Å². The highest BCUT2D eigenvalue weighted by atomic mass is 32.2. The van der Waals surface area contributed by atoms with Gasteiger partial charge in [-0.25, -0.2) is 9.78 Å². The lowest BCUT2D eigenvalue weighted by molar-refractivity contribution is 0.0605. The number of aromatic nitrogens is 1. The van der Waals surface area contributed by atoms with E-state index in [2.05, 4.69) is 23.7 Å². The molecule has 2 heterocycles. The van der Waals surface area contributed by atoms with Crippen LogP contribution in [0, 0.1) is 6.92 Å². The van der Waals surface area contributed by atoms with Crippen molar-refractivity contribution >= 4 is 34.2 Å². The average Bonchev–Trinajstić information content (AvgIpc) is 2.73. The van der Waals surface area contributed by atoms with Crippen LogP contribution in [0.1, 0.15) is 29.2 Å². The molecule has 0 N–H and O–H groups in total. The number of carbonyl (C=O) groups is 1. The quantitative estimate of drug-likeness (QED) is 0.782. The molecule has 4 nitrogen and oxygen atoms in total.